The third-order valence-corrected chi connectivity index (χ3v) is 3.41. The molecule has 0 radical (unpaired) electrons. The van der Waals surface area contributed by atoms with Crippen molar-refractivity contribution in [3.63, 3.8) is 0 Å². The number of thioether (sulfide) groups is 1. The van der Waals surface area contributed by atoms with E-state index in [0.717, 1.165) is 23.5 Å². The molecule has 0 heterocycles. The van der Waals surface area contributed by atoms with E-state index in [1.807, 2.05) is 12.1 Å². The lowest BCUT2D eigenvalue weighted by Gasteiger charge is -2.09. The fourth-order valence-corrected chi connectivity index (χ4v) is 2.48. The fraction of sp³-hybridized carbons (Fsp3) is 0.462. The average Bonchev–Trinajstić information content (AvgIpc) is 2.31. The Balaban J connectivity index is 2.83. The van der Waals surface area contributed by atoms with Gasteiger partial charge in [0.05, 0.1) is 12.2 Å². The Morgan fingerprint density at radius 2 is 2.18 bits per heavy atom. The molecule has 0 aliphatic heterocycles. The van der Waals surface area contributed by atoms with E-state index in [-0.39, 0.29) is 5.97 Å². The second kappa shape index (κ2) is 7.22. The lowest BCUT2D eigenvalue weighted by atomic mass is 10.2. The molecule has 0 fully saturated rings. The zero-order valence-corrected chi connectivity index (χ0v) is 11.2. The van der Waals surface area contributed by atoms with Gasteiger partial charge in [-0.2, -0.15) is 0 Å². The molecule has 0 bridgehead atoms. The zero-order chi connectivity index (χ0) is 12.7. The van der Waals surface area contributed by atoms with Crippen LogP contribution in [0.25, 0.3) is 0 Å². The number of nitrogens with two attached hydrogens (primary N) is 1. The molecule has 0 aliphatic rings. The van der Waals surface area contributed by atoms with Gasteiger partial charge < -0.3 is 10.5 Å². The maximum Gasteiger partial charge on any atom is 0.339 e. The van der Waals surface area contributed by atoms with E-state index in [2.05, 4.69) is 6.92 Å². The predicted molar refractivity (Wildman–Crippen MR) is 72.4 cm³/mol. The molecule has 2 N–H and O–H groups in total. The van der Waals surface area contributed by atoms with Crippen molar-refractivity contribution < 1.29 is 9.53 Å². The fourth-order valence-electron chi connectivity index (χ4n) is 1.37. The van der Waals surface area contributed by atoms with Crippen LogP contribution in [0, 0.1) is 0 Å². The van der Waals surface area contributed by atoms with Crippen LogP contribution in [0.3, 0.4) is 0 Å². The van der Waals surface area contributed by atoms with Crippen LogP contribution in [-0.4, -0.2) is 18.3 Å². The normalized spacial score (nSPS) is 10.2. The van der Waals surface area contributed by atoms with Crippen LogP contribution in [0.5, 0.6) is 0 Å². The van der Waals surface area contributed by atoms with Crippen molar-refractivity contribution in [3.8, 4) is 0 Å². The Morgan fingerprint density at radius 3 is 2.82 bits per heavy atom. The first-order valence-electron chi connectivity index (χ1n) is 5.88. The molecule has 0 aromatic heterocycles. The van der Waals surface area contributed by atoms with Crippen molar-refractivity contribution in [2.45, 2.75) is 31.6 Å². The van der Waals surface area contributed by atoms with Gasteiger partial charge in [0.25, 0.3) is 0 Å². The molecular formula is C13H19NO2S. The highest BCUT2D eigenvalue weighted by molar-refractivity contribution is 7.99. The molecule has 1 aromatic rings. The van der Waals surface area contributed by atoms with Crippen molar-refractivity contribution in [2.24, 2.45) is 0 Å². The van der Waals surface area contributed by atoms with E-state index in [1.54, 1.807) is 24.8 Å². The summed E-state index contributed by atoms with van der Waals surface area (Å²) in [5, 5.41) is 0. The summed E-state index contributed by atoms with van der Waals surface area (Å²) in [6.45, 7) is 4.33. The maximum atomic E-state index is 11.8. The number of hydrogen-bond donors (Lipinski definition) is 1. The van der Waals surface area contributed by atoms with Gasteiger partial charge in [0.15, 0.2) is 0 Å². The number of nitrogen functional groups attached to an aromatic ring is 1. The Morgan fingerprint density at radius 1 is 1.41 bits per heavy atom. The zero-order valence-electron chi connectivity index (χ0n) is 10.4. The molecule has 0 amide bonds. The van der Waals surface area contributed by atoms with E-state index in [0.29, 0.717) is 17.9 Å². The molecule has 0 spiro atoms. The number of rotatable bonds is 6. The third-order valence-electron chi connectivity index (χ3n) is 2.25. The van der Waals surface area contributed by atoms with Gasteiger partial charge in [-0.15, -0.1) is 11.8 Å². The summed E-state index contributed by atoms with van der Waals surface area (Å²) in [7, 11) is 0. The number of ether oxygens (including phenoxy) is 1. The molecule has 0 saturated carbocycles. The molecule has 0 unspecified atom stereocenters. The lowest BCUT2D eigenvalue weighted by molar-refractivity contribution is 0.0522. The number of carbonyl (C=O) groups is 1. The maximum absolute atomic E-state index is 11.8. The molecular weight excluding hydrogens is 234 g/mol. The molecule has 3 nitrogen and oxygen atoms in total. The van der Waals surface area contributed by atoms with Crippen molar-refractivity contribution in [2.75, 3.05) is 18.1 Å². The molecule has 4 heteroatoms. The summed E-state index contributed by atoms with van der Waals surface area (Å²) < 4.78 is 5.02. The Hall–Kier alpha value is -1.16. The monoisotopic (exact) mass is 253 g/mol. The van der Waals surface area contributed by atoms with E-state index < -0.39 is 0 Å². The largest absolute Gasteiger partial charge is 0.462 e. The number of carbonyl (C=O) groups excluding carboxylic acids is 1. The van der Waals surface area contributed by atoms with E-state index in [1.165, 1.54) is 0 Å². The van der Waals surface area contributed by atoms with Crippen molar-refractivity contribution >= 4 is 23.4 Å². The molecule has 0 atom stereocenters. The highest BCUT2D eigenvalue weighted by atomic mass is 32.2. The molecule has 1 rings (SSSR count). The van der Waals surface area contributed by atoms with Gasteiger partial charge >= 0.3 is 5.97 Å². The number of esters is 1. The van der Waals surface area contributed by atoms with Crippen LogP contribution in [0.2, 0.25) is 0 Å². The van der Waals surface area contributed by atoms with Gasteiger partial charge in [0, 0.05) is 10.6 Å². The summed E-state index contributed by atoms with van der Waals surface area (Å²) in [6.07, 6.45) is 2.29. The number of unbranched alkanes of at least 4 members (excludes halogenated alkanes) is 1. The van der Waals surface area contributed by atoms with Crippen LogP contribution >= 0.6 is 11.8 Å². The van der Waals surface area contributed by atoms with Crippen molar-refractivity contribution in [1.29, 1.82) is 0 Å². The van der Waals surface area contributed by atoms with Crippen LogP contribution < -0.4 is 5.73 Å². The SMILES string of the molecule is CCCCSc1ccc(N)cc1C(=O)OCC. The summed E-state index contributed by atoms with van der Waals surface area (Å²) >= 11 is 1.68. The highest BCUT2D eigenvalue weighted by Gasteiger charge is 2.13. The van der Waals surface area contributed by atoms with Crippen LogP contribution in [0.4, 0.5) is 5.69 Å². The van der Waals surface area contributed by atoms with Gasteiger partial charge in [0.2, 0.25) is 0 Å². The topological polar surface area (TPSA) is 52.3 Å². The second-order valence-corrected chi connectivity index (χ2v) is 4.81. The second-order valence-electron chi connectivity index (χ2n) is 3.68. The molecule has 0 saturated heterocycles. The molecule has 0 aliphatic carbocycles. The number of anilines is 1. The Labute approximate surface area is 107 Å². The molecule has 17 heavy (non-hydrogen) atoms. The summed E-state index contributed by atoms with van der Waals surface area (Å²) in [6, 6.07) is 5.39. The van der Waals surface area contributed by atoms with Gasteiger partial charge in [-0.25, -0.2) is 4.79 Å². The standard InChI is InChI=1S/C13H19NO2S/c1-3-5-8-17-12-7-6-10(14)9-11(12)13(15)16-4-2/h6-7,9H,3-5,8,14H2,1-2H3. The number of hydrogen-bond acceptors (Lipinski definition) is 4. The van der Waals surface area contributed by atoms with Crippen LogP contribution in [0.15, 0.2) is 23.1 Å². The van der Waals surface area contributed by atoms with Gasteiger partial charge in [0.1, 0.15) is 0 Å². The first-order valence-corrected chi connectivity index (χ1v) is 6.87. The Bertz CT molecular complexity index is 380. The van der Waals surface area contributed by atoms with Crippen LogP contribution in [0.1, 0.15) is 37.0 Å². The first-order chi connectivity index (χ1) is 8.19. The minimum Gasteiger partial charge on any atom is -0.462 e. The highest BCUT2D eigenvalue weighted by Crippen LogP contribution is 2.26. The molecule has 94 valence electrons. The smallest absolute Gasteiger partial charge is 0.339 e. The quantitative estimate of drug-likeness (QED) is 0.365. The van der Waals surface area contributed by atoms with E-state index in [9.17, 15) is 4.79 Å². The lowest BCUT2D eigenvalue weighted by Crippen LogP contribution is -2.07. The number of benzene rings is 1. The van der Waals surface area contributed by atoms with E-state index in [4.69, 9.17) is 10.5 Å². The predicted octanol–water partition coefficient (Wildman–Crippen LogP) is 3.34. The minimum atomic E-state index is -0.293. The molecule has 1 aromatic carbocycles. The summed E-state index contributed by atoms with van der Waals surface area (Å²) in [5.41, 5.74) is 6.87. The Kier molecular flexibility index (Phi) is 5.91. The average molecular weight is 253 g/mol. The van der Waals surface area contributed by atoms with E-state index >= 15 is 0 Å². The van der Waals surface area contributed by atoms with Gasteiger partial charge in [-0.1, -0.05) is 13.3 Å². The van der Waals surface area contributed by atoms with Crippen molar-refractivity contribution in [3.05, 3.63) is 23.8 Å². The summed E-state index contributed by atoms with van der Waals surface area (Å²) in [4.78, 5) is 12.7. The third kappa shape index (κ3) is 4.30. The minimum absolute atomic E-state index is 0.293. The van der Waals surface area contributed by atoms with Gasteiger partial charge in [-0.05, 0) is 37.3 Å². The van der Waals surface area contributed by atoms with Crippen molar-refractivity contribution in [1.82, 2.24) is 0 Å². The van der Waals surface area contributed by atoms with Gasteiger partial charge in [-0.3, -0.25) is 0 Å². The van der Waals surface area contributed by atoms with Crippen LogP contribution in [-0.2, 0) is 4.74 Å². The first kappa shape index (κ1) is 13.9. The summed E-state index contributed by atoms with van der Waals surface area (Å²) in [5.74, 6) is 0.714.